The van der Waals surface area contributed by atoms with Crippen LogP contribution in [0.3, 0.4) is 0 Å². The van der Waals surface area contributed by atoms with Crippen LogP contribution >= 0.6 is 0 Å². The van der Waals surface area contributed by atoms with E-state index in [0.717, 1.165) is 4.73 Å². The third kappa shape index (κ3) is 4.76. The van der Waals surface area contributed by atoms with Crippen molar-refractivity contribution in [2.45, 2.75) is 13.5 Å². The van der Waals surface area contributed by atoms with E-state index in [1.807, 2.05) is 6.92 Å². The average molecular weight is 382 g/mol. The molecule has 3 aromatic rings. The number of carbonyl (C=O) groups is 1. The van der Waals surface area contributed by atoms with Crippen molar-refractivity contribution < 1.29 is 18.8 Å². The Balaban J connectivity index is 1.70. The lowest BCUT2D eigenvalue weighted by molar-refractivity contribution is 0.0862. The van der Waals surface area contributed by atoms with Crippen molar-refractivity contribution >= 4 is 11.6 Å². The first-order valence-electron chi connectivity index (χ1n) is 8.70. The summed E-state index contributed by atoms with van der Waals surface area (Å²) in [4.78, 5) is 30.4. The third-order valence-electron chi connectivity index (χ3n) is 3.84. The molecule has 0 aliphatic carbocycles. The van der Waals surface area contributed by atoms with Gasteiger partial charge < -0.3 is 14.9 Å². The molecule has 1 heterocycles. The lowest BCUT2D eigenvalue weighted by atomic mass is 10.2. The van der Waals surface area contributed by atoms with Crippen molar-refractivity contribution in [3.05, 3.63) is 94.2 Å². The second-order valence-electron chi connectivity index (χ2n) is 5.87. The summed E-state index contributed by atoms with van der Waals surface area (Å²) in [6.07, 6.45) is 1.40. The van der Waals surface area contributed by atoms with Crippen LogP contribution in [-0.4, -0.2) is 17.2 Å². The normalized spacial score (nSPS) is 10.4. The van der Waals surface area contributed by atoms with Crippen molar-refractivity contribution in [2.75, 3.05) is 11.9 Å². The van der Waals surface area contributed by atoms with Crippen molar-refractivity contribution in [2.24, 2.45) is 0 Å². The first kappa shape index (κ1) is 19.2. The zero-order valence-corrected chi connectivity index (χ0v) is 15.2. The standard InChI is InChI=1S/C21H19FN2O4/c1-2-27-18-10-8-17(9-11-18)23-20(25)19-7-4-12-24(21(19)26)28-14-15-5-3-6-16(22)13-15/h3-13H,2,14H2,1H3,(H,23,25). The highest BCUT2D eigenvalue weighted by molar-refractivity contribution is 6.03. The number of rotatable bonds is 7. The molecule has 1 amide bonds. The van der Waals surface area contributed by atoms with Crippen LogP contribution in [0.4, 0.5) is 10.1 Å². The van der Waals surface area contributed by atoms with Crippen LogP contribution in [0, 0.1) is 5.82 Å². The fourth-order valence-corrected chi connectivity index (χ4v) is 2.52. The van der Waals surface area contributed by atoms with E-state index < -0.39 is 17.3 Å². The van der Waals surface area contributed by atoms with Gasteiger partial charge in [0.25, 0.3) is 11.5 Å². The number of halogens is 1. The summed E-state index contributed by atoms with van der Waals surface area (Å²) >= 11 is 0. The van der Waals surface area contributed by atoms with E-state index >= 15 is 0 Å². The van der Waals surface area contributed by atoms with Crippen molar-refractivity contribution in [1.82, 2.24) is 4.73 Å². The summed E-state index contributed by atoms with van der Waals surface area (Å²) in [5.41, 5.74) is 0.415. The molecule has 7 heteroatoms. The second-order valence-corrected chi connectivity index (χ2v) is 5.87. The predicted molar refractivity (Wildman–Crippen MR) is 103 cm³/mol. The number of hydrogen-bond acceptors (Lipinski definition) is 4. The van der Waals surface area contributed by atoms with Crippen molar-refractivity contribution in [3.8, 4) is 5.75 Å². The number of benzene rings is 2. The molecule has 0 aliphatic heterocycles. The Hall–Kier alpha value is -3.61. The van der Waals surface area contributed by atoms with Crippen molar-refractivity contribution in [3.63, 3.8) is 0 Å². The summed E-state index contributed by atoms with van der Waals surface area (Å²) in [5.74, 6) is -0.261. The molecule has 0 atom stereocenters. The van der Waals surface area contributed by atoms with Gasteiger partial charge in [-0.1, -0.05) is 12.1 Å². The van der Waals surface area contributed by atoms with Gasteiger partial charge in [-0.15, -0.1) is 0 Å². The fourth-order valence-electron chi connectivity index (χ4n) is 2.52. The molecule has 0 unspecified atom stereocenters. The monoisotopic (exact) mass is 382 g/mol. The topological polar surface area (TPSA) is 69.6 Å². The number of nitrogens with one attached hydrogen (secondary N) is 1. The van der Waals surface area contributed by atoms with Gasteiger partial charge in [0.15, 0.2) is 0 Å². The van der Waals surface area contributed by atoms with Gasteiger partial charge in [-0.05, 0) is 61.0 Å². The maximum absolute atomic E-state index is 13.2. The highest BCUT2D eigenvalue weighted by Gasteiger charge is 2.13. The highest BCUT2D eigenvalue weighted by Crippen LogP contribution is 2.16. The minimum atomic E-state index is -0.609. The summed E-state index contributed by atoms with van der Waals surface area (Å²) in [6.45, 7) is 2.42. The largest absolute Gasteiger partial charge is 0.494 e. The molecule has 1 aromatic heterocycles. The molecule has 3 rings (SSSR count). The summed E-state index contributed by atoms with van der Waals surface area (Å²) in [7, 11) is 0. The quantitative estimate of drug-likeness (QED) is 0.681. The van der Waals surface area contributed by atoms with E-state index in [4.69, 9.17) is 9.57 Å². The summed E-state index contributed by atoms with van der Waals surface area (Å²) in [5, 5.41) is 2.66. The minimum absolute atomic E-state index is 0.0123. The number of amides is 1. The van der Waals surface area contributed by atoms with E-state index in [9.17, 15) is 14.0 Å². The van der Waals surface area contributed by atoms with Crippen LogP contribution in [-0.2, 0) is 6.61 Å². The Morgan fingerprint density at radius 3 is 2.61 bits per heavy atom. The van der Waals surface area contributed by atoms with E-state index in [2.05, 4.69) is 5.32 Å². The van der Waals surface area contributed by atoms with E-state index in [-0.39, 0.29) is 12.2 Å². The van der Waals surface area contributed by atoms with E-state index in [1.165, 1.54) is 30.5 Å². The van der Waals surface area contributed by atoms with Gasteiger partial charge in [0.2, 0.25) is 0 Å². The molecule has 0 bridgehead atoms. The van der Waals surface area contributed by atoms with Crippen LogP contribution < -0.4 is 20.5 Å². The summed E-state index contributed by atoms with van der Waals surface area (Å²) in [6, 6.07) is 15.6. The average Bonchev–Trinajstić information content (AvgIpc) is 2.69. The molecule has 0 fully saturated rings. The summed E-state index contributed by atoms with van der Waals surface area (Å²) < 4.78 is 19.5. The molecule has 0 radical (unpaired) electrons. The zero-order chi connectivity index (χ0) is 19.9. The first-order valence-corrected chi connectivity index (χ1v) is 8.70. The van der Waals surface area contributed by atoms with Gasteiger partial charge in [-0.2, -0.15) is 4.73 Å². The molecule has 0 saturated carbocycles. The number of ether oxygens (including phenoxy) is 1. The van der Waals surface area contributed by atoms with Crippen LogP contribution in [0.15, 0.2) is 71.7 Å². The number of pyridine rings is 1. The highest BCUT2D eigenvalue weighted by atomic mass is 19.1. The SMILES string of the molecule is CCOc1ccc(NC(=O)c2cccn(OCc3cccc(F)c3)c2=O)cc1. The lowest BCUT2D eigenvalue weighted by Crippen LogP contribution is -2.32. The fraction of sp³-hybridized carbons (Fsp3) is 0.143. The van der Waals surface area contributed by atoms with Gasteiger partial charge in [-0.25, -0.2) is 4.39 Å². The van der Waals surface area contributed by atoms with Gasteiger partial charge in [0.05, 0.1) is 6.61 Å². The zero-order valence-electron chi connectivity index (χ0n) is 15.2. The van der Waals surface area contributed by atoms with Gasteiger partial charge in [-0.3, -0.25) is 9.59 Å². The second kappa shape index (κ2) is 8.85. The molecule has 0 spiro atoms. The lowest BCUT2D eigenvalue weighted by Gasteiger charge is -2.10. The van der Waals surface area contributed by atoms with Crippen LogP contribution in [0.1, 0.15) is 22.8 Å². The maximum atomic E-state index is 13.2. The maximum Gasteiger partial charge on any atom is 0.295 e. The smallest absolute Gasteiger partial charge is 0.295 e. The molecule has 0 saturated heterocycles. The number of anilines is 1. The van der Waals surface area contributed by atoms with Gasteiger partial charge in [0, 0.05) is 11.9 Å². The Morgan fingerprint density at radius 1 is 1.11 bits per heavy atom. The molecule has 6 nitrogen and oxygen atoms in total. The number of nitrogens with zero attached hydrogens (tertiary/aromatic N) is 1. The molecular formula is C21H19FN2O4. The molecule has 2 aromatic carbocycles. The molecular weight excluding hydrogens is 363 g/mol. The minimum Gasteiger partial charge on any atom is -0.494 e. The van der Waals surface area contributed by atoms with E-state index in [0.29, 0.717) is 23.6 Å². The Bertz CT molecular complexity index is 1020. The van der Waals surface area contributed by atoms with Crippen LogP contribution in [0.25, 0.3) is 0 Å². The molecule has 144 valence electrons. The predicted octanol–water partition coefficient (Wildman–Crippen LogP) is 3.27. The number of aromatic nitrogens is 1. The van der Waals surface area contributed by atoms with Crippen LogP contribution in [0.2, 0.25) is 0 Å². The Labute approximate surface area is 161 Å². The molecule has 1 N–H and O–H groups in total. The molecule has 0 aliphatic rings. The number of carbonyl (C=O) groups excluding carboxylic acids is 1. The van der Waals surface area contributed by atoms with Gasteiger partial charge in [0.1, 0.15) is 23.7 Å². The third-order valence-corrected chi connectivity index (χ3v) is 3.84. The number of hydrogen-bond donors (Lipinski definition) is 1. The van der Waals surface area contributed by atoms with Crippen LogP contribution in [0.5, 0.6) is 5.75 Å². The Kier molecular flexibility index (Phi) is 6.06. The Morgan fingerprint density at radius 2 is 1.89 bits per heavy atom. The first-order chi connectivity index (χ1) is 13.6. The van der Waals surface area contributed by atoms with Gasteiger partial charge >= 0.3 is 0 Å². The van der Waals surface area contributed by atoms with Crippen molar-refractivity contribution in [1.29, 1.82) is 0 Å². The van der Waals surface area contributed by atoms with E-state index in [1.54, 1.807) is 36.4 Å². The molecule has 28 heavy (non-hydrogen) atoms.